The number of carboxylic acid groups (broad SMARTS) is 1. The second kappa shape index (κ2) is 6.83. The fourth-order valence-electron chi connectivity index (χ4n) is 1.56. The Morgan fingerprint density at radius 1 is 1.42 bits per heavy atom. The van der Waals surface area contributed by atoms with Gasteiger partial charge in [0.2, 0.25) is 0 Å². The number of carboxylic acids is 1. The molecule has 1 amide bonds. The van der Waals surface area contributed by atoms with Crippen molar-refractivity contribution in [3.05, 3.63) is 33.1 Å². The van der Waals surface area contributed by atoms with Crippen LogP contribution in [-0.4, -0.2) is 23.0 Å². The van der Waals surface area contributed by atoms with E-state index in [1.54, 1.807) is 0 Å². The molecular weight excluding hydrogens is 364 g/mol. The van der Waals surface area contributed by atoms with Gasteiger partial charge in [-0.25, -0.2) is 4.39 Å². The Hall–Kier alpha value is -1.18. The summed E-state index contributed by atoms with van der Waals surface area (Å²) < 4.78 is 13.5. The van der Waals surface area contributed by atoms with E-state index >= 15 is 0 Å². The zero-order valence-electron chi connectivity index (χ0n) is 10.6. The van der Waals surface area contributed by atoms with E-state index in [0.29, 0.717) is 9.13 Å². The Morgan fingerprint density at radius 2 is 2.05 bits per heavy atom. The molecule has 1 aromatic carbocycles. The molecule has 0 bridgehead atoms. The van der Waals surface area contributed by atoms with Crippen LogP contribution in [-0.2, 0) is 4.79 Å². The molecule has 0 aliphatic heterocycles. The van der Waals surface area contributed by atoms with Crippen LogP contribution in [0.2, 0.25) is 0 Å². The summed E-state index contributed by atoms with van der Waals surface area (Å²) in [5.41, 5.74) is 0.345. The van der Waals surface area contributed by atoms with Gasteiger partial charge in [0.05, 0.1) is 12.0 Å². The Balaban J connectivity index is 2.84. The maximum absolute atomic E-state index is 13.0. The van der Waals surface area contributed by atoms with Crippen LogP contribution in [0.5, 0.6) is 0 Å². The number of amides is 1. The monoisotopic (exact) mass is 379 g/mol. The van der Waals surface area contributed by atoms with E-state index in [1.165, 1.54) is 18.2 Å². The van der Waals surface area contributed by atoms with Crippen LogP contribution >= 0.6 is 22.6 Å². The minimum absolute atomic E-state index is 0.00170. The summed E-state index contributed by atoms with van der Waals surface area (Å²) in [5.74, 6) is -1.76. The van der Waals surface area contributed by atoms with Gasteiger partial charge in [-0.15, -0.1) is 0 Å². The molecule has 1 aromatic rings. The minimum Gasteiger partial charge on any atom is -0.481 e. The van der Waals surface area contributed by atoms with Crippen molar-refractivity contribution in [1.29, 1.82) is 0 Å². The molecule has 1 atom stereocenters. The van der Waals surface area contributed by atoms with Crippen LogP contribution in [0.15, 0.2) is 18.2 Å². The number of carbonyl (C=O) groups excluding carboxylic acids is 1. The van der Waals surface area contributed by atoms with Gasteiger partial charge in [-0.3, -0.25) is 9.59 Å². The molecule has 104 valence electrons. The smallest absolute Gasteiger partial charge is 0.305 e. The van der Waals surface area contributed by atoms with E-state index in [4.69, 9.17) is 5.11 Å². The number of aliphatic carboxylic acids is 1. The van der Waals surface area contributed by atoms with Crippen molar-refractivity contribution < 1.29 is 19.1 Å². The first-order chi connectivity index (χ1) is 8.81. The van der Waals surface area contributed by atoms with Crippen molar-refractivity contribution in [2.75, 3.05) is 0 Å². The first kappa shape index (κ1) is 15.9. The third kappa shape index (κ3) is 4.77. The summed E-state index contributed by atoms with van der Waals surface area (Å²) in [5, 5.41) is 11.5. The Kier molecular flexibility index (Phi) is 5.71. The van der Waals surface area contributed by atoms with Crippen LogP contribution in [0.25, 0.3) is 0 Å². The number of hydrogen-bond donors (Lipinski definition) is 2. The summed E-state index contributed by atoms with van der Waals surface area (Å²) in [6.07, 6.45) is -0.138. The van der Waals surface area contributed by atoms with Gasteiger partial charge in [0, 0.05) is 9.61 Å². The van der Waals surface area contributed by atoms with Gasteiger partial charge in [-0.05, 0) is 46.7 Å². The molecule has 1 rings (SSSR count). The highest BCUT2D eigenvalue weighted by Gasteiger charge is 2.21. The van der Waals surface area contributed by atoms with Gasteiger partial charge in [0.1, 0.15) is 5.82 Å². The van der Waals surface area contributed by atoms with Crippen LogP contribution < -0.4 is 5.32 Å². The molecule has 0 heterocycles. The lowest BCUT2D eigenvalue weighted by molar-refractivity contribution is -0.137. The van der Waals surface area contributed by atoms with Crippen molar-refractivity contribution in [3.63, 3.8) is 0 Å². The SMILES string of the molecule is CC(C)C(CC(=O)O)NC(=O)c1ccc(F)cc1I. The summed E-state index contributed by atoms with van der Waals surface area (Å²) in [7, 11) is 0. The molecule has 0 radical (unpaired) electrons. The van der Waals surface area contributed by atoms with Crippen molar-refractivity contribution in [3.8, 4) is 0 Å². The predicted octanol–water partition coefficient (Wildman–Crippen LogP) is 2.66. The lowest BCUT2D eigenvalue weighted by atomic mass is 10.0. The topological polar surface area (TPSA) is 66.4 Å². The maximum atomic E-state index is 13.0. The fraction of sp³-hybridized carbons (Fsp3) is 0.385. The maximum Gasteiger partial charge on any atom is 0.305 e. The third-order valence-corrected chi connectivity index (χ3v) is 3.58. The second-order valence-corrected chi connectivity index (χ2v) is 5.71. The van der Waals surface area contributed by atoms with Crippen LogP contribution in [0, 0.1) is 15.3 Å². The van der Waals surface area contributed by atoms with Gasteiger partial charge in [0.15, 0.2) is 0 Å². The van der Waals surface area contributed by atoms with Gasteiger partial charge in [-0.2, -0.15) is 0 Å². The molecule has 0 fully saturated rings. The molecule has 4 nitrogen and oxygen atoms in total. The predicted molar refractivity (Wildman–Crippen MR) is 77.5 cm³/mol. The Bertz CT molecular complexity index is 491. The minimum atomic E-state index is -0.965. The molecule has 0 aromatic heterocycles. The average Bonchev–Trinajstić information content (AvgIpc) is 2.26. The van der Waals surface area contributed by atoms with Crippen LogP contribution in [0.3, 0.4) is 0 Å². The number of benzene rings is 1. The number of halogens is 2. The van der Waals surface area contributed by atoms with Crippen molar-refractivity contribution in [2.24, 2.45) is 5.92 Å². The number of hydrogen-bond acceptors (Lipinski definition) is 2. The van der Waals surface area contributed by atoms with E-state index < -0.39 is 17.8 Å². The van der Waals surface area contributed by atoms with Gasteiger partial charge < -0.3 is 10.4 Å². The number of rotatable bonds is 5. The van der Waals surface area contributed by atoms with E-state index in [1.807, 2.05) is 36.4 Å². The summed E-state index contributed by atoms with van der Waals surface area (Å²) in [6.45, 7) is 3.67. The third-order valence-electron chi connectivity index (χ3n) is 2.69. The molecule has 0 spiro atoms. The molecule has 0 saturated carbocycles. The normalized spacial score (nSPS) is 12.3. The molecule has 0 aliphatic rings. The van der Waals surface area contributed by atoms with Crippen molar-refractivity contribution >= 4 is 34.5 Å². The van der Waals surface area contributed by atoms with Gasteiger partial charge >= 0.3 is 5.97 Å². The number of nitrogens with one attached hydrogen (secondary N) is 1. The second-order valence-electron chi connectivity index (χ2n) is 4.55. The fourth-order valence-corrected chi connectivity index (χ4v) is 2.28. The average molecular weight is 379 g/mol. The van der Waals surface area contributed by atoms with Crippen molar-refractivity contribution in [1.82, 2.24) is 5.32 Å². The Morgan fingerprint density at radius 3 is 2.53 bits per heavy atom. The number of carbonyl (C=O) groups is 2. The highest BCUT2D eigenvalue weighted by Crippen LogP contribution is 2.15. The van der Waals surface area contributed by atoms with E-state index in [0.717, 1.165) is 0 Å². The van der Waals surface area contributed by atoms with E-state index in [9.17, 15) is 14.0 Å². The largest absolute Gasteiger partial charge is 0.481 e. The molecule has 19 heavy (non-hydrogen) atoms. The first-order valence-corrected chi connectivity index (χ1v) is 6.87. The summed E-state index contributed by atoms with van der Waals surface area (Å²) >= 11 is 1.87. The van der Waals surface area contributed by atoms with Gasteiger partial charge in [-0.1, -0.05) is 13.8 Å². The molecule has 0 aliphatic carbocycles. The zero-order chi connectivity index (χ0) is 14.6. The molecule has 0 saturated heterocycles. The summed E-state index contributed by atoms with van der Waals surface area (Å²) in [4.78, 5) is 22.8. The van der Waals surface area contributed by atoms with Crippen molar-refractivity contribution in [2.45, 2.75) is 26.3 Å². The highest BCUT2D eigenvalue weighted by atomic mass is 127. The summed E-state index contributed by atoms with van der Waals surface area (Å²) in [6, 6.07) is 3.41. The highest BCUT2D eigenvalue weighted by molar-refractivity contribution is 14.1. The quantitative estimate of drug-likeness (QED) is 0.774. The standard InChI is InChI=1S/C13H15FINO3/c1-7(2)11(6-12(17)18)16-13(19)9-4-3-8(14)5-10(9)15/h3-5,7,11H,6H2,1-2H3,(H,16,19)(H,17,18). The molecule has 6 heteroatoms. The van der Waals surface area contributed by atoms with E-state index in [-0.39, 0.29) is 18.2 Å². The lowest BCUT2D eigenvalue weighted by Crippen LogP contribution is -2.40. The molecule has 1 unspecified atom stereocenters. The molecule has 2 N–H and O–H groups in total. The molecular formula is C13H15FINO3. The lowest BCUT2D eigenvalue weighted by Gasteiger charge is -2.21. The van der Waals surface area contributed by atoms with Crippen LogP contribution in [0.1, 0.15) is 30.6 Å². The van der Waals surface area contributed by atoms with E-state index in [2.05, 4.69) is 5.32 Å². The van der Waals surface area contributed by atoms with Crippen LogP contribution in [0.4, 0.5) is 4.39 Å². The Labute approximate surface area is 124 Å². The van der Waals surface area contributed by atoms with Gasteiger partial charge in [0.25, 0.3) is 5.91 Å². The zero-order valence-corrected chi connectivity index (χ0v) is 12.8. The first-order valence-electron chi connectivity index (χ1n) is 5.79.